The van der Waals surface area contributed by atoms with Gasteiger partial charge in [0.15, 0.2) is 0 Å². The van der Waals surface area contributed by atoms with Gasteiger partial charge in [0.25, 0.3) is 0 Å². The maximum absolute atomic E-state index is 4.00. The predicted molar refractivity (Wildman–Crippen MR) is 88.2 cm³/mol. The van der Waals surface area contributed by atoms with Gasteiger partial charge in [0.2, 0.25) is 0 Å². The first kappa shape index (κ1) is 16.3. The standard InChI is InChI=1S/C18H36N2/c1-3-5-7-9-16(10-8-6-4-2)19-17-13-14-20(15-17)18-11-12-18/h16-19H,3-15H2,1-2H3. The second-order valence-corrected chi connectivity index (χ2v) is 7.07. The highest BCUT2D eigenvalue weighted by Gasteiger charge is 2.34. The van der Waals surface area contributed by atoms with E-state index in [0.717, 1.165) is 18.1 Å². The fourth-order valence-electron chi connectivity index (χ4n) is 3.62. The maximum atomic E-state index is 4.00. The van der Waals surface area contributed by atoms with Crippen LogP contribution in [0.25, 0.3) is 0 Å². The van der Waals surface area contributed by atoms with E-state index in [1.807, 2.05) is 0 Å². The molecule has 20 heavy (non-hydrogen) atoms. The van der Waals surface area contributed by atoms with Crippen LogP contribution in [0.5, 0.6) is 0 Å². The van der Waals surface area contributed by atoms with Crippen molar-refractivity contribution in [2.75, 3.05) is 13.1 Å². The molecule has 0 aromatic carbocycles. The van der Waals surface area contributed by atoms with Crippen LogP contribution in [0.15, 0.2) is 0 Å². The second-order valence-electron chi connectivity index (χ2n) is 7.07. The molecule has 118 valence electrons. The Labute approximate surface area is 126 Å². The van der Waals surface area contributed by atoms with Gasteiger partial charge >= 0.3 is 0 Å². The number of unbranched alkanes of at least 4 members (excludes halogenated alkanes) is 4. The summed E-state index contributed by atoms with van der Waals surface area (Å²) in [6.45, 7) is 7.29. The van der Waals surface area contributed by atoms with Crippen molar-refractivity contribution in [3.63, 3.8) is 0 Å². The summed E-state index contributed by atoms with van der Waals surface area (Å²) in [5, 5.41) is 4.00. The summed E-state index contributed by atoms with van der Waals surface area (Å²) in [6.07, 6.45) is 15.4. The predicted octanol–water partition coefficient (Wildman–Crippen LogP) is 4.34. The molecular weight excluding hydrogens is 244 g/mol. The molecule has 0 amide bonds. The van der Waals surface area contributed by atoms with Crippen LogP contribution >= 0.6 is 0 Å². The molecule has 2 heteroatoms. The smallest absolute Gasteiger partial charge is 0.0209 e. The molecule has 0 aromatic rings. The monoisotopic (exact) mass is 280 g/mol. The Morgan fingerprint density at radius 1 is 0.950 bits per heavy atom. The van der Waals surface area contributed by atoms with Crippen molar-refractivity contribution in [3.05, 3.63) is 0 Å². The summed E-state index contributed by atoms with van der Waals surface area (Å²) < 4.78 is 0. The molecule has 1 aliphatic heterocycles. The largest absolute Gasteiger partial charge is 0.310 e. The topological polar surface area (TPSA) is 15.3 Å². The minimum absolute atomic E-state index is 0.781. The number of nitrogens with zero attached hydrogens (tertiary/aromatic N) is 1. The molecule has 1 N–H and O–H groups in total. The highest BCUT2D eigenvalue weighted by Crippen LogP contribution is 2.30. The molecule has 0 spiro atoms. The Kier molecular flexibility index (Phi) is 7.37. The van der Waals surface area contributed by atoms with Crippen LogP contribution in [-0.4, -0.2) is 36.1 Å². The average Bonchev–Trinajstić information content (AvgIpc) is 3.20. The first-order chi connectivity index (χ1) is 9.83. The van der Waals surface area contributed by atoms with E-state index in [1.165, 1.54) is 83.7 Å². The first-order valence-electron chi connectivity index (χ1n) is 9.33. The van der Waals surface area contributed by atoms with Gasteiger partial charge < -0.3 is 5.32 Å². The number of hydrogen-bond acceptors (Lipinski definition) is 2. The van der Waals surface area contributed by atoms with Gasteiger partial charge in [-0.25, -0.2) is 0 Å². The van der Waals surface area contributed by atoms with Gasteiger partial charge in [0.05, 0.1) is 0 Å². The molecule has 0 aromatic heterocycles. The Morgan fingerprint density at radius 3 is 2.15 bits per heavy atom. The van der Waals surface area contributed by atoms with Crippen LogP contribution in [0.3, 0.4) is 0 Å². The zero-order valence-corrected chi connectivity index (χ0v) is 13.9. The SMILES string of the molecule is CCCCCC(CCCCC)NC1CCN(C2CC2)C1. The van der Waals surface area contributed by atoms with E-state index >= 15 is 0 Å². The minimum Gasteiger partial charge on any atom is -0.310 e. The molecule has 0 radical (unpaired) electrons. The van der Waals surface area contributed by atoms with Crippen LogP contribution in [0, 0.1) is 0 Å². The van der Waals surface area contributed by atoms with E-state index < -0.39 is 0 Å². The Hall–Kier alpha value is -0.0800. The number of hydrogen-bond donors (Lipinski definition) is 1. The van der Waals surface area contributed by atoms with Crippen molar-refractivity contribution in [3.8, 4) is 0 Å². The third-order valence-electron chi connectivity index (χ3n) is 5.07. The van der Waals surface area contributed by atoms with Gasteiger partial charge in [-0.15, -0.1) is 0 Å². The zero-order chi connectivity index (χ0) is 14.2. The van der Waals surface area contributed by atoms with E-state index in [0.29, 0.717) is 0 Å². The fourth-order valence-corrected chi connectivity index (χ4v) is 3.62. The third kappa shape index (κ3) is 5.73. The van der Waals surface area contributed by atoms with Crippen molar-refractivity contribution < 1.29 is 0 Å². The zero-order valence-electron chi connectivity index (χ0n) is 13.9. The highest BCUT2D eigenvalue weighted by atomic mass is 15.2. The second kappa shape index (κ2) is 9.04. The lowest BCUT2D eigenvalue weighted by molar-refractivity contribution is 0.305. The van der Waals surface area contributed by atoms with Gasteiger partial charge in [-0.05, 0) is 32.1 Å². The van der Waals surface area contributed by atoms with Crippen LogP contribution in [0.4, 0.5) is 0 Å². The lowest BCUT2D eigenvalue weighted by atomic mass is 10.0. The first-order valence-corrected chi connectivity index (χ1v) is 9.33. The van der Waals surface area contributed by atoms with Crippen LogP contribution in [0.2, 0.25) is 0 Å². The van der Waals surface area contributed by atoms with Crippen molar-refractivity contribution in [1.29, 1.82) is 0 Å². The van der Waals surface area contributed by atoms with E-state index in [1.54, 1.807) is 0 Å². The number of likely N-dealkylation sites (tertiary alicyclic amines) is 1. The summed E-state index contributed by atoms with van der Waals surface area (Å²) in [5.74, 6) is 0. The van der Waals surface area contributed by atoms with Gasteiger partial charge in [-0.3, -0.25) is 4.90 Å². The number of nitrogens with one attached hydrogen (secondary N) is 1. The summed E-state index contributed by atoms with van der Waals surface area (Å²) in [7, 11) is 0. The van der Waals surface area contributed by atoms with Crippen molar-refractivity contribution in [1.82, 2.24) is 10.2 Å². The summed E-state index contributed by atoms with van der Waals surface area (Å²) >= 11 is 0. The Bertz CT molecular complexity index is 240. The van der Waals surface area contributed by atoms with Crippen molar-refractivity contribution >= 4 is 0 Å². The van der Waals surface area contributed by atoms with Gasteiger partial charge in [-0.1, -0.05) is 52.4 Å². The molecule has 1 atom stereocenters. The molecule has 2 fully saturated rings. The molecule has 0 bridgehead atoms. The Balaban J connectivity index is 1.67. The molecule has 1 saturated heterocycles. The molecule has 2 nitrogen and oxygen atoms in total. The maximum Gasteiger partial charge on any atom is 0.0209 e. The van der Waals surface area contributed by atoms with Crippen LogP contribution < -0.4 is 5.32 Å². The minimum atomic E-state index is 0.781. The van der Waals surface area contributed by atoms with Crippen molar-refractivity contribution in [2.24, 2.45) is 0 Å². The van der Waals surface area contributed by atoms with Crippen LogP contribution in [-0.2, 0) is 0 Å². The number of rotatable bonds is 11. The summed E-state index contributed by atoms with van der Waals surface area (Å²) in [4.78, 5) is 2.73. The third-order valence-corrected chi connectivity index (χ3v) is 5.07. The van der Waals surface area contributed by atoms with E-state index in [4.69, 9.17) is 0 Å². The average molecular weight is 281 g/mol. The van der Waals surface area contributed by atoms with Crippen LogP contribution in [0.1, 0.15) is 84.5 Å². The molecule has 1 heterocycles. The molecule has 1 aliphatic carbocycles. The lowest BCUT2D eigenvalue weighted by Gasteiger charge is -2.24. The molecule has 2 aliphatic rings. The molecular formula is C18H36N2. The Morgan fingerprint density at radius 2 is 1.60 bits per heavy atom. The van der Waals surface area contributed by atoms with E-state index in [-0.39, 0.29) is 0 Å². The quantitative estimate of drug-likeness (QED) is 0.566. The summed E-state index contributed by atoms with van der Waals surface area (Å²) in [5.41, 5.74) is 0. The fraction of sp³-hybridized carbons (Fsp3) is 1.00. The normalized spacial score (nSPS) is 23.9. The molecule has 2 rings (SSSR count). The highest BCUT2D eigenvalue weighted by molar-refractivity contribution is 4.92. The van der Waals surface area contributed by atoms with Gasteiger partial charge in [0, 0.05) is 31.2 Å². The van der Waals surface area contributed by atoms with Crippen molar-refractivity contribution in [2.45, 2.75) is 103 Å². The molecule has 1 unspecified atom stereocenters. The van der Waals surface area contributed by atoms with Gasteiger partial charge in [-0.2, -0.15) is 0 Å². The van der Waals surface area contributed by atoms with E-state index in [2.05, 4.69) is 24.1 Å². The summed E-state index contributed by atoms with van der Waals surface area (Å²) in [6, 6.07) is 2.53. The molecule has 1 saturated carbocycles. The lowest BCUT2D eigenvalue weighted by Crippen LogP contribution is -2.40. The van der Waals surface area contributed by atoms with E-state index in [9.17, 15) is 0 Å². The van der Waals surface area contributed by atoms with Gasteiger partial charge in [0.1, 0.15) is 0 Å².